The van der Waals surface area contributed by atoms with E-state index in [-0.39, 0.29) is 5.82 Å². The molecule has 0 amide bonds. The second-order valence-electron chi connectivity index (χ2n) is 7.44. The van der Waals surface area contributed by atoms with Crippen LogP contribution < -0.4 is 5.32 Å². The summed E-state index contributed by atoms with van der Waals surface area (Å²) in [5, 5.41) is 3.50. The van der Waals surface area contributed by atoms with Crippen molar-refractivity contribution >= 4 is 0 Å². The normalized spacial score (nSPS) is 15.7. The molecule has 0 aliphatic carbocycles. The van der Waals surface area contributed by atoms with Gasteiger partial charge < -0.3 is 9.88 Å². The zero-order chi connectivity index (χ0) is 20.2. The van der Waals surface area contributed by atoms with Crippen LogP contribution in [0.15, 0.2) is 55.1 Å². The fourth-order valence-electron chi connectivity index (χ4n) is 3.72. The summed E-state index contributed by atoms with van der Waals surface area (Å²) in [6.45, 7) is 2.98. The summed E-state index contributed by atoms with van der Waals surface area (Å²) in [5.74, 6) is -1.89. The van der Waals surface area contributed by atoms with Crippen molar-refractivity contribution in [3.63, 3.8) is 0 Å². The van der Waals surface area contributed by atoms with Crippen LogP contribution in [-0.4, -0.2) is 33.6 Å². The van der Waals surface area contributed by atoms with Crippen molar-refractivity contribution in [3.8, 4) is 5.69 Å². The SMILES string of the molecule is Fc1ccc(CN2CCC(NCc3ccc(-n4ccnc4)c(F)c3)CC2)cc1F. The molecule has 4 nitrogen and oxygen atoms in total. The molecule has 1 saturated heterocycles. The molecular formula is C22H23F3N4. The summed E-state index contributed by atoms with van der Waals surface area (Å²) < 4.78 is 42.4. The van der Waals surface area contributed by atoms with Crippen LogP contribution in [0.25, 0.3) is 5.69 Å². The third-order valence-electron chi connectivity index (χ3n) is 5.37. The molecular weight excluding hydrogens is 377 g/mol. The van der Waals surface area contributed by atoms with Gasteiger partial charge in [-0.05, 0) is 61.3 Å². The van der Waals surface area contributed by atoms with Crippen LogP contribution in [-0.2, 0) is 13.1 Å². The molecule has 1 N–H and O–H groups in total. The summed E-state index contributed by atoms with van der Waals surface area (Å²) in [7, 11) is 0. The van der Waals surface area contributed by atoms with E-state index in [0.717, 1.165) is 37.1 Å². The van der Waals surface area contributed by atoms with Gasteiger partial charge in [0.2, 0.25) is 0 Å². The molecule has 0 unspecified atom stereocenters. The monoisotopic (exact) mass is 400 g/mol. The van der Waals surface area contributed by atoms with Crippen molar-refractivity contribution in [1.29, 1.82) is 0 Å². The van der Waals surface area contributed by atoms with Crippen molar-refractivity contribution in [2.75, 3.05) is 13.1 Å². The molecule has 0 bridgehead atoms. The van der Waals surface area contributed by atoms with Crippen LogP contribution in [0.3, 0.4) is 0 Å². The zero-order valence-corrected chi connectivity index (χ0v) is 16.0. The Kier molecular flexibility index (Phi) is 5.97. The molecule has 4 rings (SSSR count). The quantitative estimate of drug-likeness (QED) is 0.678. The van der Waals surface area contributed by atoms with Gasteiger partial charge in [-0.25, -0.2) is 18.2 Å². The van der Waals surface area contributed by atoms with Crippen LogP contribution in [0, 0.1) is 17.5 Å². The Hall–Kier alpha value is -2.64. The maximum absolute atomic E-state index is 14.4. The van der Waals surface area contributed by atoms with Crippen molar-refractivity contribution in [3.05, 3.63) is 83.7 Å². The minimum absolute atomic E-state index is 0.274. The average Bonchev–Trinajstić information content (AvgIpc) is 3.25. The van der Waals surface area contributed by atoms with E-state index < -0.39 is 11.6 Å². The van der Waals surface area contributed by atoms with Gasteiger partial charge in [0.05, 0.1) is 12.0 Å². The first-order valence-electron chi connectivity index (χ1n) is 9.75. The number of piperidine rings is 1. The standard InChI is InChI=1S/C22H23F3N4/c23-19-3-1-17(12-20(19)24)14-28-8-5-18(6-9-28)27-13-16-2-4-22(21(25)11-16)29-10-7-26-15-29/h1-4,7,10-12,15,18,27H,5-6,8-9,13-14H2. The average molecular weight is 400 g/mol. The molecule has 1 fully saturated rings. The Bertz CT molecular complexity index is 951. The number of imidazole rings is 1. The predicted molar refractivity (Wildman–Crippen MR) is 105 cm³/mol. The minimum Gasteiger partial charge on any atom is -0.310 e. The van der Waals surface area contributed by atoms with Crippen LogP contribution in [0.5, 0.6) is 0 Å². The number of benzene rings is 2. The molecule has 0 saturated carbocycles. The maximum atomic E-state index is 14.4. The zero-order valence-electron chi connectivity index (χ0n) is 16.0. The fourth-order valence-corrected chi connectivity index (χ4v) is 3.72. The van der Waals surface area contributed by atoms with Gasteiger partial charge in [-0.1, -0.05) is 12.1 Å². The third-order valence-corrected chi connectivity index (χ3v) is 5.37. The number of hydrogen-bond acceptors (Lipinski definition) is 3. The summed E-state index contributed by atoms with van der Waals surface area (Å²) in [4.78, 5) is 6.19. The Labute approximate surface area is 168 Å². The highest BCUT2D eigenvalue weighted by Crippen LogP contribution is 2.18. The van der Waals surface area contributed by atoms with E-state index >= 15 is 0 Å². The van der Waals surface area contributed by atoms with E-state index in [2.05, 4.69) is 15.2 Å². The predicted octanol–water partition coefficient (Wildman–Crippen LogP) is 4.04. The smallest absolute Gasteiger partial charge is 0.159 e. The molecule has 1 aromatic heterocycles. The van der Waals surface area contributed by atoms with Gasteiger partial charge >= 0.3 is 0 Å². The largest absolute Gasteiger partial charge is 0.310 e. The molecule has 29 heavy (non-hydrogen) atoms. The first-order valence-corrected chi connectivity index (χ1v) is 9.75. The molecule has 0 radical (unpaired) electrons. The van der Waals surface area contributed by atoms with Crippen molar-refractivity contribution in [2.45, 2.75) is 32.0 Å². The van der Waals surface area contributed by atoms with Gasteiger partial charge in [-0.2, -0.15) is 0 Å². The van der Waals surface area contributed by atoms with Gasteiger partial charge in [-0.3, -0.25) is 4.90 Å². The molecule has 1 aliphatic rings. The summed E-state index contributed by atoms with van der Waals surface area (Å²) >= 11 is 0. The van der Waals surface area contributed by atoms with Gasteiger partial charge in [0, 0.05) is 31.5 Å². The lowest BCUT2D eigenvalue weighted by molar-refractivity contribution is 0.190. The molecule has 3 aromatic rings. The first kappa shape index (κ1) is 19.7. The number of aromatic nitrogens is 2. The Balaban J connectivity index is 1.26. The number of nitrogens with zero attached hydrogens (tertiary/aromatic N) is 3. The van der Waals surface area contributed by atoms with Gasteiger partial charge in [-0.15, -0.1) is 0 Å². The third kappa shape index (κ3) is 4.86. The van der Waals surface area contributed by atoms with Crippen LogP contribution >= 0.6 is 0 Å². The number of likely N-dealkylation sites (tertiary alicyclic amines) is 1. The van der Waals surface area contributed by atoms with E-state index in [1.165, 1.54) is 12.1 Å². The molecule has 1 aliphatic heterocycles. The second kappa shape index (κ2) is 8.80. The Morgan fingerprint density at radius 3 is 2.38 bits per heavy atom. The minimum atomic E-state index is -0.814. The van der Waals surface area contributed by atoms with Crippen molar-refractivity contribution in [2.24, 2.45) is 0 Å². The summed E-state index contributed by atoms with van der Waals surface area (Å²) in [6.07, 6.45) is 6.82. The lowest BCUT2D eigenvalue weighted by Crippen LogP contribution is -2.41. The molecule has 2 aromatic carbocycles. The molecule has 152 valence electrons. The van der Waals surface area contributed by atoms with E-state index in [1.54, 1.807) is 41.5 Å². The number of hydrogen-bond donors (Lipinski definition) is 1. The van der Waals surface area contributed by atoms with Crippen LogP contribution in [0.2, 0.25) is 0 Å². The van der Waals surface area contributed by atoms with Gasteiger partial charge in [0.25, 0.3) is 0 Å². The number of nitrogens with one attached hydrogen (secondary N) is 1. The van der Waals surface area contributed by atoms with Crippen LogP contribution in [0.1, 0.15) is 24.0 Å². The van der Waals surface area contributed by atoms with Crippen molar-refractivity contribution in [1.82, 2.24) is 19.8 Å². The first-order chi connectivity index (χ1) is 14.1. The highest BCUT2D eigenvalue weighted by atomic mass is 19.2. The molecule has 2 heterocycles. The molecule has 7 heteroatoms. The lowest BCUT2D eigenvalue weighted by Gasteiger charge is -2.32. The van der Waals surface area contributed by atoms with Crippen molar-refractivity contribution < 1.29 is 13.2 Å². The Morgan fingerprint density at radius 2 is 1.69 bits per heavy atom. The number of halogens is 3. The van der Waals surface area contributed by atoms with E-state index in [1.807, 2.05) is 6.07 Å². The van der Waals surface area contributed by atoms with E-state index in [0.29, 0.717) is 24.8 Å². The Morgan fingerprint density at radius 1 is 0.931 bits per heavy atom. The van der Waals surface area contributed by atoms with E-state index in [4.69, 9.17) is 0 Å². The highest BCUT2D eigenvalue weighted by Gasteiger charge is 2.19. The second-order valence-corrected chi connectivity index (χ2v) is 7.44. The maximum Gasteiger partial charge on any atom is 0.159 e. The topological polar surface area (TPSA) is 33.1 Å². The van der Waals surface area contributed by atoms with E-state index in [9.17, 15) is 13.2 Å². The number of rotatable bonds is 6. The highest BCUT2D eigenvalue weighted by molar-refractivity contribution is 5.36. The van der Waals surface area contributed by atoms with Crippen LogP contribution in [0.4, 0.5) is 13.2 Å². The lowest BCUT2D eigenvalue weighted by atomic mass is 10.0. The summed E-state index contributed by atoms with van der Waals surface area (Å²) in [5.41, 5.74) is 2.16. The molecule has 0 spiro atoms. The van der Waals surface area contributed by atoms with Gasteiger partial charge in [0.1, 0.15) is 5.82 Å². The van der Waals surface area contributed by atoms with Gasteiger partial charge in [0.15, 0.2) is 11.6 Å². The molecule has 0 atom stereocenters. The summed E-state index contributed by atoms with van der Waals surface area (Å²) in [6, 6.07) is 9.67. The fraction of sp³-hybridized carbons (Fsp3) is 0.318.